The van der Waals surface area contributed by atoms with E-state index < -0.39 is 40.4 Å². The van der Waals surface area contributed by atoms with E-state index in [0.29, 0.717) is 18.4 Å². The summed E-state index contributed by atoms with van der Waals surface area (Å²) >= 11 is 0. The molecule has 0 aromatic rings. The van der Waals surface area contributed by atoms with Crippen LogP contribution in [0, 0.1) is 17.3 Å². The zero-order valence-electron chi connectivity index (χ0n) is 15.6. The normalized spacial score (nSPS) is 64.0. The third-order valence-corrected chi connectivity index (χ3v) is 9.09. The largest absolute Gasteiger partial charge is 0.458 e. The van der Waals surface area contributed by atoms with Gasteiger partial charge in [0, 0.05) is 5.41 Å². The first-order chi connectivity index (χ1) is 12.8. The van der Waals surface area contributed by atoms with Crippen molar-refractivity contribution < 1.29 is 34.0 Å². The molecule has 0 amide bonds. The van der Waals surface area contributed by atoms with E-state index >= 15 is 0 Å². The van der Waals surface area contributed by atoms with Gasteiger partial charge in [-0.25, -0.2) is 4.79 Å². The van der Waals surface area contributed by atoms with Gasteiger partial charge in [0.05, 0.1) is 17.8 Å². The molecule has 27 heavy (non-hydrogen) atoms. The first-order valence-electron chi connectivity index (χ1n) is 10.1. The van der Waals surface area contributed by atoms with E-state index in [9.17, 15) is 15.0 Å². The number of esters is 1. The second-order valence-corrected chi connectivity index (χ2v) is 10.1. The molecule has 5 fully saturated rings. The highest BCUT2D eigenvalue weighted by atomic mass is 16.7. The Kier molecular flexibility index (Phi) is 2.35. The van der Waals surface area contributed by atoms with Crippen LogP contribution < -0.4 is 0 Å². The number of fused-ring (bicyclic) bond motifs is 4. The van der Waals surface area contributed by atoms with Gasteiger partial charge in [-0.1, -0.05) is 20.8 Å². The highest BCUT2D eigenvalue weighted by Crippen LogP contribution is 2.82. The number of cyclic esters (lactones) is 1. The molecule has 2 N–H and O–H groups in total. The van der Waals surface area contributed by atoms with Crippen LogP contribution in [0.3, 0.4) is 0 Å². The van der Waals surface area contributed by atoms with Gasteiger partial charge in [0.2, 0.25) is 0 Å². The number of ether oxygens (including phenoxy) is 4. The molecule has 146 valence electrons. The molecule has 0 unspecified atom stereocenters. The summed E-state index contributed by atoms with van der Waals surface area (Å²) < 4.78 is 24.1. The van der Waals surface area contributed by atoms with Gasteiger partial charge in [0.15, 0.2) is 5.60 Å². The van der Waals surface area contributed by atoms with Gasteiger partial charge in [0.25, 0.3) is 0 Å². The molecule has 7 nitrogen and oxygen atoms in total. The predicted molar refractivity (Wildman–Crippen MR) is 88.5 cm³/mol. The predicted octanol–water partition coefficient (Wildman–Crippen LogP) is 0.0739. The van der Waals surface area contributed by atoms with Crippen LogP contribution in [0.5, 0.6) is 0 Å². The molecule has 0 aromatic carbocycles. The molecule has 3 saturated heterocycles. The van der Waals surface area contributed by atoms with E-state index in [-0.39, 0.29) is 36.8 Å². The molecule has 0 bridgehead atoms. The van der Waals surface area contributed by atoms with Gasteiger partial charge >= 0.3 is 5.97 Å². The fourth-order valence-electron chi connectivity index (χ4n) is 7.80. The number of carbonyl (C=O) groups excluding carboxylic acids is 1. The van der Waals surface area contributed by atoms with E-state index in [1.807, 2.05) is 0 Å². The van der Waals surface area contributed by atoms with Crippen molar-refractivity contribution in [1.82, 2.24) is 0 Å². The Hall–Kier alpha value is -0.990. The standard InChI is InChI=1S/C20H24O7/c1-7(2)18-13(26-18)14-20(27-14)17(3)5-10(21)12-8(6-24-15(12)22)9(17)4-11-19(20,25-11)16(18)23/h7,9-11,13-14,16,21,23H,4-6H2,1-3H3/t9-,10-,11-,13-,14-,16+,17-,18-,19+,20+/m0/s1. The maximum Gasteiger partial charge on any atom is 0.337 e. The van der Waals surface area contributed by atoms with Crippen LogP contribution in [0.25, 0.3) is 0 Å². The highest BCUT2D eigenvalue weighted by molar-refractivity contribution is 5.93. The van der Waals surface area contributed by atoms with Crippen LogP contribution in [0.4, 0.5) is 0 Å². The SMILES string of the molecule is CC(C)[C@]12O[C@H]1[C@@H]1O[C@]13[C@]1(O[C@H]1C[C@H]1C4=C(C(=O)OC4)[C@@H](O)C[C@@]13C)[C@@H]2O. The van der Waals surface area contributed by atoms with Crippen LogP contribution in [0.15, 0.2) is 11.1 Å². The van der Waals surface area contributed by atoms with Gasteiger partial charge in [-0.15, -0.1) is 0 Å². The summed E-state index contributed by atoms with van der Waals surface area (Å²) in [6.07, 6.45) is -0.861. The summed E-state index contributed by atoms with van der Waals surface area (Å²) in [5.41, 5.74) is -1.12. The summed E-state index contributed by atoms with van der Waals surface area (Å²) in [6, 6.07) is 0. The van der Waals surface area contributed by atoms with Crippen molar-refractivity contribution in [2.75, 3.05) is 6.61 Å². The average Bonchev–Trinajstić information content (AvgIpc) is 3.48. The lowest BCUT2D eigenvalue weighted by atomic mass is 9.46. The number of carbonyl (C=O) groups is 1. The Morgan fingerprint density at radius 3 is 2.67 bits per heavy atom. The first-order valence-corrected chi connectivity index (χ1v) is 10.1. The summed E-state index contributed by atoms with van der Waals surface area (Å²) in [5, 5.41) is 22.3. The second-order valence-electron chi connectivity index (χ2n) is 10.1. The Morgan fingerprint density at radius 2 is 1.93 bits per heavy atom. The van der Waals surface area contributed by atoms with E-state index in [1.54, 1.807) is 0 Å². The minimum Gasteiger partial charge on any atom is -0.458 e. The summed E-state index contributed by atoms with van der Waals surface area (Å²) in [5.74, 6) is -0.186. The van der Waals surface area contributed by atoms with Crippen molar-refractivity contribution in [3.8, 4) is 0 Å². The van der Waals surface area contributed by atoms with E-state index in [0.717, 1.165) is 5.57 Å². The van der Waals surface area contributed by atoms with Gasteiger partial charge in [-0.2, -0.15) is 0 Å². The van der Waals surface area contributed by atoms with Crippen LogP contribution in [-0.2, 0) is 23.7 Å². The molecule has 7 rings (SSSR count). The van der Waals surface area contributed by atoms with Gasteiger partial charge in [-0.3, -0.25) is 0 Å². The fourth-order valence-corrected chi connectivity index (χ4v) is 7.80. The molecule has 7 aliphatic rings. The molecule has 4 aliphatic heterocycles. The summed E-state index contributed by atoms with van der Waals surface area (Å²) in [7, 11) is 0. The summed E-state index contributed by atoms with van der Waals surface area (Å²) in [6.45, 7) is 6.51. The zero-order chi connectivity index (χ0) is 18.7. The molecule has 2 spiro atoms. The Balaban J connectivity index is 1.40. The van der Waals surface area contributed by atoms with Gasteiger partial charge in [-0.05, 0) is 30.3 Å². The topological polar surface area (TPSA) is 104 Å². The Bertz CT molecular complexity index is 851. The summed E-state index contributed by atoms with van der Waals surface area (Å²) in [4.78, 5) is 12.1. The molecule has 2 saturated carbocycles. The quantitative estimate of drug-likeness (QED) is 0.493. The highest BCUT2D eigenvalue weighted by Gasteiger charge is 3.00. The van der Waals surface area contributed by atoms with Crippen molar-refractivity contribution in [3.05, 3.63) is 11.1 Å². The molecular weight excluding hydrogens is 352 g/mol. The van der Waals surface area contributed by atoms with Crippen LogP contribution in [0.2, 0.25) is 0 Å². The van der Waals surface area contributed by atoms with Crippen LogP contribution in [-0.4, -0.2) is 70.1 Å². The number of aliphatic hydroxyl groups excluding tert-OH is 2. The number of aliphatic hydroxyl groups is 2. The lowest BCUT2D eigenvalue weighted by Crippen LogP contribution is -2.69. The molecule has 0 aromatic heterocycles. The van der Waals surface area contributed by atoms with Crippen molar-refractivity contribution in [3.63, 3.8) is 0 Å². The maximum absolute atomic E-state index is 12.1. The lowest BCUT2D eigenvalue weighted by Gasteiger charge is -2.54. The first kappa shape index (κ1) is 15.9. The van der Waals surface area contributed by atoms with Crippen LogP contribution >= 0.6 is 0 Å². The number of epoxide rings is 3. The van der Waals surface area contributed by atoms with Gasteiger partial charge < -0.3 is 29.2 Å². The molecule has 10 atom stereocenters. The van der Waals surface area contributed by atoms with E-state index in [4.69, 9.17) is 18.9 Å². The monoisotopic (exact) mass is 376 g/mol. The number of rotatable bonds is 1. The zero-order valence-corrected chi connectivity index (χ0v) is 15.6. The number of hydrogen-bond donors (Lipinski definition) is 2. The molecule has 3 aliphatic carbocycles. The smallest absolute Gasteiger partial charge is 0.337 e. The van der Waals surface area contributed by atoms with Crippen molar-refractivity contribution in [2.24, 2.45) is 17.3 Å². The fraction of sp³-hybridized carbons (Fsp3) is 0.850. The van der Waals surface area contributed by atoms with Gasteiger partial charge in [0.1, 0.15) is 36.1 Å². The van der Waals surface area contributed by atoms with E-state index in [1.165, 1.54) is 0 Å². The average molecular weight is 376 g/mol. The Labute approximate surface area is 156 Å². The molecular formula is C20H24O7. The maximum atomic E-state index is 12.1. The third kappa shape index (κ3) is 1.27. The third-order valence-electron chi connectivity index (χ3n) is 9.09. The minimum absolute atomic E-state index is 0.0467. The van der Waals surface area contributed by atoms with Crippen molar-refractivity contribution in [2.45, 2.75) is 80.9 Å². The number of hydrogen-bond acceptors (Lipinski definition) is 7. The Morgan fingerprint density at radius 1 is 1.15 bits per heavy atom. The second kappa shape index (κ2) is 4.00. The lowest BCUT2D eigenvalue weighted by molar-refractivity contribution is -0.137. The van der Waals surface area contributed by atoms with Crippen molar-refractivity contribution in [1.29, 1.82) is 0 Å². The van der Waals surface area contributed by atoms with E-state index in [2.05, 4.69) is 20.8 Å². The molecule has 7 heteroatoms. The van der Waals surface area contributed by atoms with Crippen molar-refractivity contribution >= 4 is 5.97 Å². The minimum atomic E-state index is -0.864. The molecule has 0 radical (unpaired) electrons. The van der Waals surface area contributed by atoms with Crippen LogP contribution in [0.1, 0.15) is 33.6 Å². The molecule has 4 heterocycles.